The van der Waals surface area contributed by atoms with Gasteiger partial charge in [-0.1, -0.05) is 30.3 Å². The quantitative estimate of drug-likeness (QED) is 0.622. The van der Waals surface area contributed by atoms with Gasteiger partial charge in [-0.3, -0.25) is 9.59 Å². The van der Waals surface area contributed by atoms with Crippen LogP contribution >= 0.6 is 0 Å². The molecule has 102 valence electrons. The highest BCUT2D eigenvalue weighted by atomic mass is 16.5. The monoisotopic (exact) mass is 270 g/mol. The van der Waals surface area contributed by atoms with Crippen LogP contribution in [0.2, 0.25) is 0 Å². The number of esters is 1. The van der Waals surface area contributed by atoms with E-state index >= 15 is 0 Å². The molecule has 2 unspecified atom stereocenters. The standard InChI is InChI=1S/C16H14O4/c1-19-16(18)13-9-12(10-5-3-2-4-6-10)15-11(14(13)17)7-8-20-15/h2-8,12-13H,9H2,1H3. The summed E-state index contributed by atoms with van der Waals surface area (Å²) in [7, 11) is 1.30. The Morgan fingerprint density at radius 2 is 2.00 bits per heavy atom. The third-order valence-corrected chi connectivity index (χ3v) is 3.75. The summed E-state index contributed by atoms with van der Waals surface area (Å²) >= 11 is 0. The second kappa shape index (κ2) is 4.96. The maximum absolute atomic E-state index is 12.3. The fraction of sp³-hybridized carbons (Fsp3) is 0.250. The first-order valence-corrected chi connectivity index (χ1v) is 6.46. The van der Waals surface area contributed by atoms with E-state index in [9.17, 15) is 9.59 Å². The summed E-state index contributed by atoms with van der Waals surface area (Å²) in [6.07, 6.45) is 1.88. The van der Waals surface area contributed by atoms with Crippen molar-refractivity contribution in [3.8, 4) is 0 Å². The molecule has 1 heterocycles. The van der Waals surface area contributed by atoms with Gasteiger partial charge in [0.2, 0.25) is 0 Å². The summed E-state index contributed by atoms with van der Waals surface area (Å²) in [4.78, 5) is 24.1. The highest BCUT2D eigenvalue weighted by Gasteiger charge is 2.41. The summed E-state index contributed by atoms with van der Waals surface area (Å²) in [5.41, 5.74) is 1.52. The van der Waals surface area contributed by atoms with Crippen LogP contribution in [0.3, 0.4) is 0 Å². The fourth-order valence-electron chi connectivity index (χ4n) is 2.75. The van der Waals surface area contributed by atoms with Crippen LogP contribution in [0.4, 0.5) is 0 Å². The van der Waals surface area contributed by atoms with E-state index in [2.05, 4.69) is 0 Å². The minimum absolute atomic E-state index is 0.0944. The first kappa shape index (κ1) is 12.7. The first-order valence-electron chi connectivity index (χ1n) is 6.46. The topological polar surface area (TPSA) is 56.5 Å². The van der Waals surface area contributed by atoms with E-state index in [1.807, 2.05) is 30.3 Å². The summed E-state index contributed by atoms with van der Waals surface area (Å²) in [6.45, 7) is 0. The zero-order valence-electron chi connectivity index (χ0n) is 11.0. The number of ketones is 1. The number of ether oxygens (including phenoxy) is 1. The van der Waals surface area contributed by atoms with Crippen molar-refractivity contribution in [1.29, 1.82) is 0 Å². The summed E-state index contributed by atoms with van der Waals surface area (Å²) < 4.78 is 10.2. The number of benzene rings is 1. The molecule has 4 nitrogen and oxygen atoms in total. The Morgan fingerprint density at radius 3 is 2.70 bits per heavy atom. The van der Waals surface area contributed by atoms with Gasteiger partial charge < -0.3 is 9.15 Å². The van der Waals surface area contributed by atoms with Crippen molar-refractivity contribution >= 4 is 11.8 Å². The second-order valence-electron chi connectivity index (χ2n) is 4.84. The molecule has 20 heavy (non-hydrogen) atoms. The average molecular weight is 270 g/mol. The van der Waals surface area contributed by atoms with Gasteiger partial charge >= 0.3 is 5.97 Å². The third kappa shape index (κ3) is 1.93. The first-order chi connectivity index (χ1) is 9.72. The normalized spacial score (nSPS) is 21.4. The molecule has 0 saturated carbocycles. The number of Topliss-reactive ketones (excluding diaryl/α,β-unsaturated/α-hetero) is 1. The predicted octanol–water partition coefficient (Wildman–Crippen LogP) is 2.79. The van der Waals surface area contributed by atoms with Crippen molar-refractivity contribution < 1.29 is 18.7 Å². The third-order valence-electron chi connectivity index (χ3n) is 3.75. The number of carbonyl (C=O) groups excluding carboxylic acids is 2. The van der Waals surface area contributed by atoms with Crippen LogP contribution in [0.15, 0.2) is 47.1 Å². The molecule has 2 atom stereocenters. The highest BCUT2D eigenvalue weighted by molar-refractivity contribution is 6.10. The van der Waals surface area contributed by atoms with Crippen LogP contribution in [-0.2, 0) is 9.53 Å². The van der Waals surface area contributed by atoms with Gasteiger partial charge in [-0.25, -0.2) is 0 Å². The molecular formula is C16H14O4. The lowest BCUT2D eigenvalue weighted by atomic mass is 9.77. The van der Waals surface area contributed by atoms with Crippen LogP contribution in [0.5, 0.6) is 0 Å². The Morgan fingerprint density at radius 1 is 1.25 bits per heavy atom. The zero-order valence-corrected chi connectivity index (χ0v) is 11.0. The van der Waals surface area contributed by atoms with E-state index < -0.39 is 11.9 Å². The average Bonchev–Trinajstić information content (AvgIpc) is 2.98. The molecule has 1 aliphatic carbocycles. The van der Waals surface area contributed by atoms with Crippen LogP contribution in [0.1, 0.15) is 34.0 Å². The van der Waals surface area contributed by atoms with E-state index in [4.69, 9.17) is 9.15 Å². The van der Waals surface area contributed by atoms with Gasteiger partial charge in [-0.05, 0) is 18.1 Å². The molecule has 0 spiro atoms. The van der Waals surface area contributed by atoms with Gasteiger partial charge in [0.25, 0.3) is 0 Å². The number of methoxy groups -OCH3 is 1. The van der Waals surface area contributed by atoms with Gasteiger partial charge in [-0.2, -0.15) is 0 Å². The van der Waals surface area contributed by atoms with Crippen molar-refractivity contribution in [2.45, 2.75) is 12.3 Å². The summed E-state index contributed by atoms with van der Waals surface area (Å²) in [6, 6.07) is 11.4. The Bertz CT molecular complexity index is 642. The molecule has 0 bridgehead atoms. The Labute approximate surface area is 116 Å². The minimum atomic E-state index is -0.754. The van der Waals surface area contributed by atoms with Crippen LogP contribution in [0, 0.1) is 5.92 Å². The maximum Gasteiger partial charge on any atom is 0.316 e. The molecule has 0 fully saturated rings. The number of carbonyl (C=O) groups is 2. The Kier molecular flexibility index (Phi) is 3.14. The molecule has 3 rings (SSSR count). The molecular weight excluding hydrogens is 256 g/mol. The molecule has 1 aromatic carbocycles. The van der Waals surface area contributed by atoms with Crippen molar-refractivity contribution in [3.63, 3.8) is 0 Å². The second-order valence-corrected chi connectivity index (χ2v) is 4.84. The van der Waals surface area contributed by atoms with Gasteiger partial charge in [-0.15, -0.1) is 0 Å². The molecule has 0 amide bonds. The maximum atomic E-state index is 12.3. The molecule has 1 aliphatic rings. The lowest BCUT2D eigenvalue weighted by Gasteiger charge is -2.25. The van der Waals surface area contributed by atoms with E-state index in [1.54, 1.807) is 6.07 Å². The fourth-order valence-corrected chi connectivity index (χ4v) is 2.75. The number of hydrogen-bond acceptors (Lipinski definition) is 4. The van der Waals surface area contributed by atoms with E-state index in [1.165, 1.54) is 13.4 Å². The molecule has 2 aromatic rings. The Balaban J connectivity index is 2.06. The predicted molar refractivity (Wildman–Crippen MR) is 71.4 cm³/mol. The lowest BCUT2D eigenvalue weighted by Crippen LogP contribution is -2.32. The van der Waals surface area contributed by atoms with Crippen LogP contribution < -0.4 is 0 Å². The summed E-state index contributed by atoms with van der Waals surface area (Å²) in [5.74, 6) is -0.907. The van der Waals surface area contributed by atoms with Gasteiger partial charge in [0, 0.05) is 5.92 Å². The van der Waals surface area contributed by atoms with E-state index in [0.29, 0.717) is 17.7 Å². The van der Waals surface area contributed by atoms with Crippen LogP contribution in [0.25, 0.3) is 0 Å². The molecule has 0 radical (unpaired) electrons. The highest BCUT2D eigenvalue weighted by Crippen LogP contribution is 2.40. The van der Waals surface area contributed by atoms with Crippen molar-refractivity contribution in [2.75, 3.05) is 7.11 Å². The van der Waals surface area contributed by atoms with E-state index in [-0.39, 0.29) is 11.7 Å². The number of furan rings is 1. The van der Waals surface area contributed by atoms with Gasteiger partial charge in [0.1, 0.15) is 11.7 Å². The van der Waals surface area contributed by atoms with E-state index in [0.717, 1.165) is 5.56 Å². The largest absolute Gasteiger partial charge is 0.468 e. The number of rotatable bonds is 2. The zero-order chi connectivity index (χ0) is 14.1. The minimum Gasteiger partial charge on any atom is -0.468 e. The lowest BCUT2D eigenvalue weighted by molar-refractivity contribution is -0.144. The van der Waals surface area contributed by atoms with Crippen molar-refractivity contribution in [3.05, 3.63) is 59.5 Å². The number of fused-ring (bicyclic) bond motifs is 1. The van der Waals surface area contributed by atoms with Crippen molar-refractivity contribution in [2.24, 2.45) is 5.92 Å². The van der Waals surface area contributed by atoms with Gasteiger partial charge in [0.15, 0.2) is 5.78 Å². The van der Waals surface area contributed by atoms with Crippen LogP contribution in [-0.4, -0.2) is 18.9 Å². The Hall–Kier alpha value is -2.36. The molecule has 0 N–H and O–H groups in total. The van der Waals surface area contributed by atoms with Crippen molar-refractivity contribution in [1.82, 2.24) is 0 Å². The molecule has 0 saturated heterocycles. The molecule has 1 aromatic heterocycles. The smallest absolute Gasteiger partial charge is 0.316 e. The SMILES string of the molecule is COC(=O)C1CC(c2ccccc2)c2occc2C1=O. The number of hydrogen-bond donors (Lipinski definition) is 0. The molecule has 4 heteroatoms. The summed E-state index contributed by atoms with van der Waals surface area (Å²) in [5, 5.41) is 0. The van der Waals surface area contributed by atoms with Gasteiger partial charge in [0.05, 0.1) is 18.9 Å². The molecule has 0 aliphatic heterocycles.